The van der Waals surface area contributed by atoms with Crippen molar-refractivity contribution < 1.29 is 32.9 Å². The number of nitrogens with zero attached hydrogens (tertiary/aromatic N) is 2. The first-order chi connectivity index (χ1) is 16.5. The van der Waals surface area contributed by atoms with E-state index in [9.17, 15) is 13.6 Å². The summed E-state index contributed by atoms with van der Waals surface area (Å²) >= 11 is 0. The molecule has 2 heterocycles. The Morgan fingerprint density at radius 2 is 2.06 bits per heavy atom. The molecule has 9 nitrogen and oxygen atoms in total. The first kappa shape index (κ1) is 23.7. The maximum absolute atomic E-state index is 13.2. The van der Waals surface area contributed by atoms with Crippen LogP contribution in [0.4, 0.5) is 8.78 Å². The van der Waals surface area contributed by atoms with Gasteiger partial charge in [0.15, 0.2) is 0 Å². The van der Waals surface area contributed by atoms with Gasteiger partial charge in [0.2, 0.25) is 0 Å². The first-order valence-corrected chi connectivity index (χ1v) is 10.9. The molecule has 0 bridgehead atoms. The Labute approximate surface area is 194 Å². The van der Waals surface area contributed by atoms with E-state index in [1.165, 1.54) is 13.2 Å². The fraction of sp³-hybridized carbons (Fsp3) is 0.391. The van der Waals surface area contributed by atoms with Gasteiger partial charge in [0.25, 0.3) is 5.91 Å². The number of hydrogen-bond donors (Lipinski definition) is 3. The second-order valence-electron chi connectivity index (χ2n) is 7.73. The number of benzene rings is 1. The number of pyridine rings is 1. The van der Waals surface area contributed by atoms with Crippen LogP contribution in [0.2, 0.25) is 0 Å². The van der Waals surface area contributed by atoms with Crippen molar-refractivity contribution in [1.82, 2.24) is 20.0 Å². The number of alkyl halides is 2. The van der Waals surface area contributed by atoms with E-state index in [-0.39, 0.29) is 29.7 Å². The Bertz CT molecular complexity index is 1150. The van der Waals surface area contributed by atoms with Gasteiger partial charge in [-0.3, -0.25) is 9.20 Å². The lowest BCUT2D eigenvalue weighted by molar-refractivity contribution is -0.0502. The van der Waals surface area contributed by atoms with Crippen molar-refractivity contribution in [3.8, 4) is 28.5 Å². The molecule has 34 heavy (non-hydrogen) atoms. The summed E-state index contributed by atoms with van der Waals surface area (Å²) in [7, 11) is 1.37. The average Bonchev–Trinajstić information content (AvgIpc) is 3.53. The van der Waals surface area contributed by atoms with Gasteiger partial charge in [-0.1, -0.05) is 0 Å². The van der Waals surface area contributed by atoms with Crippen LogP contribution in [0.25, 0.3) is 16.9 Å². The minimum Gasteiger partial charge on any atom is -0.496 e. The maximum atomic E-state index is 13.2. The number of aliphatic hydroxyl groups excluding tert-OH is 1. The molecule has 0 saturated heterocycles. The van der Waals surface area contributed by atoms with Crippen molar-refractivity contribution >= 4 is 11.6 Å². The molecule has 0 unspecified atom stereocenters. The minimum absolute atomic E-state index is 0.0388. The summed E-state index contributed by atoms with van der Waals surface area (Å²) in [6.07, 6.45) is 5.04. The van der Waals surface area contributed by atoms with E-state index in [1.807, 2.05) is 0 Å². The summed E-state index contributed by atoms with van der Waals surface area (Å²) in [6, 6.07) is 6.53. The highest BCUT2D eigenvalue weighted by Gasteiger charge is 2.29. The fourth-order valence-electron chi connectivity index (χ4n) is 3.51. The molecule has 3 N–H and O–H groups in total. The smallest absolute Gasteiger partial charge is 0.387 e. The topological polar surface area (TPSA) is 106 Å². The fourth-order valence-corrected chi connectivity index (χ4v) is 3.51. The zero-order valence-electron chi connectivity index (χ0n) is 18.6. The molecule has 0 atom stereocenters. The predicted molar refractivity (Wildman–Crippen MR) is 120 cm³/mol. The zero-order chi connectivity index (χ0) is 24.1. The second-order valence-corrected chi connectivity index (χ2v) is 7.73. The lowest BCUT2D eigenvalue weighted by Crippen LogP contribution is -2.26. The number of aliphatic hydroxyl groups is 1. The molecular weight excluding hydrogens is 450 g/mol. The van der Waals surface area contributed by atoms with E-state index in [1.54, 1.807) is 35.0 Å². The van der Waals surface area contributed by atoms with Gasteiger partial charge in [-0.2, -0.15) is 8.78 Å². The summed E-state index contributed by atoms with van der Waals surface area (Å²) in [5.74, 6) is -0.0545. The molecule has 0 spiro atoms. The van der Waals surface area contributed by atoms with Gasteiger partial charge < -0.3 is 30.0 Å². The van der Waals surface area contributed by atoms with E-state index in [0.717, 1.165) is 12.8 Å². The number of carbonyl (C=O) groups excluding carboxylic acids is 1. The Balaban J connectivity index is 1.63. The van der Waals surface area contributed by atoms with E-state index < -0.39 is 12.5 Å². The van der Waals surface area contributed by atoms with Gasteiger partial charge in [-0.25, -0.2) is 4.98 Å². The molecule has 1 fully saturated rings. The van der Waals surface area contributed by atoms with Gasteiger partial charge in [0.05, 0.1) is 25.6 Å². The van der Waals surface area contributed by atoms with Crippen LogP contribution in [0.3, 0.4) is 0 Å². The lowest BCUT2D eigenvalue weighted by atomic mass is 10.1. The van der Waals surface area contributed by atoms with Crippen LogP contribution in [0.15, 0.2) is 36.7 Å². The number of amides is 1. The average molecular weight is 476 g/mol. The number of methoxy groups -OCH3 is 1. The zero-order valence-corrected chi connectivity index (χ0v) is 18.6. The van der Waals surface area contributed by atoms with Gasteiger partial charge in [-0.05, 0) is 31.0 Å². The number of carbonyl (C=O) groups is 1. The normalized spacial score (nSPS) is 13.3. The summed E-state index contributed by atoms with van der Waals surface area (Å²) in [5, 5.41) is 14.6. The Morgan fingerprint density at radius 3 is 2.76 bits per heavy atom. The van der Waals surface area contributed by atoms with Crippen molar-refractivity contribution in [3.63, 3.8) is 0 Å². The molecule has 3 aromatic rings. The van der Waals surface area contributed by atoms with Crippen molar-refractivity contribution in [1.29, 1.82) is 0 Å². The van der Waals surface area contributed by atoms with E-state index in [2.05, 4.69) is 15.6 Å². The minimum atomic E-state index is -3.11. The molecule has 4 rings (SSSR count). The lowest BCUT2D eigenvalue weighted by Gasteiger charge is -2.16. The van der Waals surface area contributed by atoms with Crippen LogP contribution in [-0.2, 0) is 0 Å². The van der Waals surface area contributed by atoms with Gasteiger partial charge in [0.1, 0.15) is 35.1 Å². The highest BCUT2D eigenvalue weighted by atomic mass is 19.3. The number of nitrogens with one attached hydrogen (secondary N) is 2. The molecule has 1 saturated carbocycles. The molecule has 1 aliphatic rings. The Hall–Kier alpha value is -3.44. The number of rotatable bonds is 12. The van der Waals surface area contributed by atoms with Crippen LogP contribution in [0.5, 0.6) is 17.2 Å². The number of ether oxygens (including phenoxy) is 3. The summed E-state index contributed by atoms with van der Waals surface area (Å²) < 4.78 is 43.9. The maximum Gasteiger partial charge on any atom is 0.387 e. The summed E-state index contributed by atoms with van der Waals surface area (Å²) in [5.41, 5.74) is 1.60. The summed E-state index contributed by atoms with van der Waals surface area (Å²) in [4.78, 5) is 17.1. The van der Waals surface area contributed by atoms with Crippen molar-refractivity contribution in [2.45, 2.75) is 25.5 Å². The molecule has 1 amide bonds. The monoisotopic (exact) mass is 476 g/mol. The molecule has 1 aromatic carbocycles. The molecule has 0 radical (unpaired) electrons. The molecular formula is C23H26F2N4O5. The van der Waals surface area contributed by atoms with Crippen LogP contribution in [0.1, 0.15) is 23.2 Å². The van der Waals surface area contributed by atoms with Crippen molar-refractivity contribution in [3.05, 3.63) is 42.2 Å². The third kappa shape index (κ3) is 5.54. The highest BCUT2D eigenvalue weighted by Crippen LogP contribution is 2.37. The molecule has 1 aliphatic carbocycles. The van der Waals surface area contributed by atoms with Gasteiger partial charge in [0, 0.05) is 37.0 Å². The number of imidazole rings is 1. The molecule has 182 valence electrons. The number of fused-ring (bicyclic) bond motifs is 1. The molecule has 0 aliphatic heterocycles. The van der Waals surface area contributed by atoms with E-state index in [4.69, 9.17) is 19.3 Å². The number of hydrogen-bond acceptors (Lipinski definition) is 7. The predicted octanol–water partition coefficient (Wildman–Crippen LogP) is 2.46. The van der Waals surface area contributed by atoms with Crippen LogP contribution < -0.4 is 24.8 Å². The Morgan fingerprint density at radius 1 is 1.26 bits per heavy atom. The second kappa shape index (κ2) is 10.7. The van der Waals surface area contributed by atoms with Crippen LogP contribution in [0, 0.1) is 0 Å². The van der Waals surface area contributed by atoms with Crippen LogP contribution in [-0.4, -0.2) is 66.5 Å². The van der Waals surface area contributed by atoms with Gasteiger partial charge in [-0.15, -0.1) is 0 Å². The molecule has 2 aromatic heterocycles. The van der Waals surface area contributed by atoms with Crippen molar-refractivity contribution in [2.24, 2.45) is 0 Å². The third-order valence-corrected chi connectivity index (χ3v) is 5.26. The van der Waals surface area contributed by atoms with E-state index in [0.29, 0.717) is 42.4 Å². The number of aromatic nitrogens is 2. The van der Waals surface area contributed by atoms with Gasteiger partial charge >= 0.3 is 6.61 Å². The number of halogens is 2. The van der Waals surface area contributed by atoms with Crippen LogP contribution >= 0.6 is 0 Å². The highest BCUT2D eigenvalue weighted by molar-refractivity contribution is 6.01. The largest absolute Gasteiger partial charge is 0.496 e. The third-order valence-electron chi connectivity index (χ3n) is 5.26. The Kier molecular flexibility index (Phi) is 7.43. The quantitative estimate of drug-likeness (QED) is 0.345. The van der Waals surface area contributed by atoms with Crippen molar-refractivity contribution in [2.75, 3.05) is 33.4 Å². The summed E-state index contributed by atoms with van der Waals surface area (Å²) in [6.45, 7) is -1.56. The standard InChI is InChI=1S/C23H26F2N4O5/c1-32-18-10-14(11-19(34-23(24)25)21(18)22(31)28-15-2-3-15)17-13-27-20-12-16(4-7-29(17)20)33-9-6-26-5-8-30/h4,7,10-13,15,23,26,30H,2-3,5-6,8-9H2,1H3,(H,28,31). The molecule has 11 heteroatoms. The first-order valence-electron chi connectivity index (χ1n) is 10.9. The van der Waals surface area contributed by atoms with E-state index >= 15 is 0 Å². The SMILES string of the molecule is COc1cc(-c2cnc3cc(OCCNCCO)ccn23)cc(OC(F)F)c1C(=O)NC1CC1.